The van der Waals surface area contributed by atoms with E-state index in [9.17, 15) is 4.79 Å². The number of anilines is 1. The van der Waals surface area contributed by atoms with Crippen LogP contribution in [0.25, 0.3) is 0 Å². The van der Waals surface area contributed by atoms with E-state index in [0.717, 1.165) is 42.3 Å². The van der Waals surface area contributed by atoms with Crippen LogP contribution in [0.1, 0.15) is 50.2 Å². The molecule has 1 atom stereocenters. The number of methoxy groups -OCH3 is 1. The lowest BCUT2D eigenvalue weighted by atomic mass is 9.98. The van der Waals surface area contributed by atoms with Crippen molar-refractivity contribution in [3.05, 3.63) is 59.7 Å². The normalized spacial score (nSPS) is 11.8. The van der Waals surface area contributed by atoms with Crippen LogP contribution in [0.2, 0.25) is 0 Å². The molecule has 0 bridgehead atoms. The minimum Gasteiger partial charge on any atom is -0.497 e. The molecule has 1 unspecified atom stereocenters. The summed E-state index contributed by atoms with van der Waals surface area (Å²) in [5.74, 6) is 2.15. The third-order valence-electron chi connectivity index (χ3n) is 4.95. The largest absolute Gasteiger partial charge is 0.497 e. The molecule has 170 valence electrons. The SMILES string of the molecule is CCCC(=O)Nc1ccc(CNC(=NC)NCCC(C)c2ccc(OC)cc2)cc1.I. The van der Waals surface area contributed by atoms with Crippen LogP contribution in [0.4, 0.5) is 5.69 Å². The lowest BCUT2D eigenvalue weighted by molar-refractivity contribution is -0.116. The summed E-state index contributed by atoms with van der Waals surface area (Å²) in [7, 11) is 3.45. The number of rotatable bonds is 10. The van der Waals surface area contributed by atoms with Gasteiger partial charge in [0, 0.05) is 32.2 Å². The van der Waals surface area contributed by atoms with Gasteiger partial charge in [-0.2, -0.15) is 0 Å². The molecular weight excluding hydrogens is 503 g/mol. The number of aliphatic imine (C=N–C) groups is 1. The van der Waals surface area contributed by atoms with Gasteiger partial charge in [-0.3, -0.25) is 9.79 Å². The fraction of sp³-hybridized carbons (Fsp3) is 0.417. The van der Waals surface area contributed by atoms with Crippen LogP contribution in [-0.4, -0.2) is 32.6 Å². The van der Waals surface area contributed by atoms with Crippen LogP contribution in [0, 0.1) is 0 Å². The standard InChI is InChI=1S/C24H34N4O2.HI/c1-5-6-23(29)28-21-11-7-19(8-12-21)17-27-24(25-3)26-16-15-18(2)20-9-13-22(30-4)14-10-20;/h7-14,18H,5-6,15-17H2,1-4H3,(H,28,29)(H2,25,26,27);1H. The number of guanidine groups is 1. The first-order chi connectivity index (χ1) is 14.5. The van der Waals surface area contributed by atoms with Gasteiger partial charge in [0.2, 0.25) is 5.91 Å². The second kappa shape index (κ2) is 14.7. The molecule has 2 rings (SSSR count). The van der Waals surface area contributed by atoms with Gasteiger partial charge in [0.15, 0.2) is 5.96 Å². The summed E-state index contributed by atoms with van der Waals surface area (Å²) >= 11 is 0. The zero-order valence-electron chi connectivity index (χ0n) is 18.9. The molecule has 0 aliphatic carbocycles. The number of ether oxygens (including phenoxy) is 1. The zero-order valence-corrected chi connectivity index (χ0v) is 21.2. The number of hydrogen-bond donors (Lipinski definition) is 3. The Kier molecular flexibility index (Phi) is 12.7. The number of nitrogens with zero attached hydrogens (tertiary/aromatic N) is 1. The molecule has 0 aliphatic heterocycles. The summed E-state index contributed by atoms with van der Waals surface area (Å²) in [6.45, 7) is 5.71. The van der Waals surface area contributed by atoms with Gasteiger partial charge in [-0.1, -0.05) is 38.1 Å². The van der Waals surface area contributed by atoms with Gasteiger partial charge in [0.1, 0.15) is 5.75 Å². The number of hydrogen-bond acceptors (Lipinski definition) is 3. The lowest BCUT2D eigenvalue weighted by Gasteiger charge is -2.16. The van der Waals surface area contributed by atoms with Gasteiger partial charge in [-0.25, -0.2) is 0 Å². The molecule has 2 aromatic carbocycles. The van der Waals surface area contributed by atoms with E-state index in [1.165, 1.54) is 5.56 Å². The number of benzene rings is 2. The van der Waals surface area contributed by atoms with E-state index in [0.29, 0.717) is 18.9 Å². The average Bonchev–Trinajstić information content (AvgIpc) is 2.77. The fourth-order valence-corrected chi connectivity index (χ4v) is 3.07. The van der Waals surface area contributed by atoms with Crippen molar-refractivity contribution in [1.29, 1.82) is 0 Å². The Hall–Kier alpha value is -2.29. The van der Waals surface area contributed by atoms with Crippen LogP contribution in [0.5, 0.6) is 5.75 Å². The van der Waals surface area contributed by atoms with E-state index < -0.39 is 0 Å². The maximum atomic E-state index is 11.7. The Morgan fingerprint density at radius 3 is 2.32 bits per heavy atom. The molecule has 0 aromatic heterocycles. The molecule has 1 amide bonds. The van der Waals surface area contributed by atoms with Crippen molar-refractivity contribution in [3.8, 4) is 5.75 Å². The van der Waals surface area contributed by atoms with Crippen LogP contribution in [0.15, 0.2) is 53.5 Å². The molecule has 0 saturated heterocycles. The van der Waals surface area contributed by atoms with Crippen LogP contribution < -0.4 is 20.7 Å². The van der Waals surface area contributed by atoms with Gasteiger partial charge >= 0.3 is 0 Å². The number of halogens is 1. The molecule has 0 fully saturated rings. The maximum absolute atomic E-state index is 11.7. The Bertz CT molecular complexity index is 807. The highest BCUT2D eigenvalue weighted by Crippen LogP contribution is 2.21. The minimum atomic E-state index is 0. The zero-order chi connectivity index (χ0) is 21.8. The van der Waals surface area contributed by atoms with E-state index in [-0.39, 0.29) is 29.9 Å². The molecule has 0 spiro atoms. The Balaban J connectivity index is 0.00000480. The summed E-state index contributed by atoms with van der Waals surface area (Å²) in [5, 5.41) is 9.60. The molecule has 0 radical (unpaired) electrons. The average molecular weight is 538 g/mol. The van der Waals surface area contributed by atoms with E-state index in [1.807, 2.05) is 43.3 Å². The lowest BCUT2D eigenvalue weighted by Crippen LogP contribution is -2.37. The summed E-state index contributed by atoms with van der Waals surface area (Å²) in [6.07, 6.45) is 2.39. The van der Waals surface area contributed by atoms with Crippen molar-refractivity contribution < 1.29 is 9.53 Å². The van der Waals surface area contributed by atoms with Crippen LogP contribution in [0.3, 0.4) is 0 Å². The van der Waals surface area contributed by atoms with E-state index in [2.05, 4.69) is 40.0 Å². The second-order valence-corrected chi connectivity index (χ2v) is 7.31. The van der Waals surface area contributed by atoms with E-state index in [1.54, 1.807) is 14.2 Å². The topological polar surface area (TPSA) is 74.8 Å². The molecule has 0 heterocycles. The van der Waals surface area contributed by atoms with Crippen molar-refractivity contribution in [2.24, 2.45) is 4.99 Å². The first-order valence-corrected chi connectivity index (χ1v) is 10.5. The molecule has 7 heteroatoms. The van der Waals surface area contributed by atoms with Gasteiger partial charge in [0.25, 0.3) is 0 Å². The Morgan fingerprint density at radius 1 is 1.06 bits per heavy atom. The third kappa shape index (κ3) is 9.59. The molecular formula is C24H35IN4O2. The Morgan fingerprint density at radius 2 is 1.74 bits per heavy atom. The number of nitrogens with one attached hydrogen (secondary N) is 3. The van der Waals surface area contributed by atoms with E-state index >= 15 is 0 Å². The van der Waals surface area contributed by atoms with Crippen molar-refractivity contribution in [2.45, 2.75) is 45.6 Å². The predicted molar refractivity (Wildman–Crippen MR) is 140 cm³/mol. The van der Waals surface area contributed by atoms with Crippen molar-refractivity contribution >= 4 is 41.5 Å². The first kappa shape index (κ1) is 26.7. The third-order valence-corrected chi connectivity index (χ3v) is 4.95. The number of amides is 1. The Labute approximate surface area is 203 Å². The van der Waals surface area contributed by atoms with Gasteiger partial charge in [-0.05, 0) is 54.2 Å². The van der Waals surface area contributed by atoms with Crippen molar-refractivity contribution in [1.82, 2.24) is 10.6 Å². The molecule has 31 heavy (non-hydrogen) atoms. The molecule has 6 nitrogen and oxygen atoms in total. The highest BCUT2D eigenvalue weighted by atomic mass is 127. The number of carbonyl (C=O) groups is 1. The van der Waals surface area contributed by atoms with Crippen molar-refractivity contribution in [2.75, 3.05) is 26.0 Å². The smallest absolute Gasteiger partial charge is 0.224 e. The molecule has 0 aliphatic rings. The quantitative estimate of drug-likeness (QED) is 0.228. The monoisotopic (exact) mass is 538 g/mol. The molecule has 2 aromatic rings. The van der Waals surface area contributed by atoms with Crippen LogP contribution >= 0.6 is 24.0 Å². The van der Waals surface area contributed by atoms with Gasteiger partial charge in [-0.15, -0.1) is 24.0 Å². The highest BCUT2D eigenvalue weighted by molar-refractivity contribution is 14.0. The minimum absolute atomic E-state index is 0. The second-order valence-electron chi connectivity index (χ2n) is 7.31. The summed E-state index contributed by atoms with van der Waals surface area (Å²) < 4.78 is 5.22. The first-order valence-electron chi connectivity index (χ1n) is 10.5. The number of carbonyl (C=O) groups excluding carboxylic acids is 1. The van der Waals surface area contributed by atoms with Crippen LogP contribution in [-0.2, 0) is 11.3 Å². The molecule has 3 N–H and O–H groups in total. The molecule has 0 saturated carbocycles. The van der Waals surface area contributed by atoms with Crippen molar-refractivity contribution in [3.63, 3.8) is 0 Å². The summed E-state index contributed by atoms with van der Waals surface area (Å²) in [6, 6.07) is 16.1. The maximum Gasteiger partial charge on any atom is 0.224 e. The summed E-state index contributed by atoms with van der Waals surface area (Å²) in [4.78, 5) is 16.0. The van der Waals surface area contributed by atoms with Gasteiger partial charge in [0.05, 0.1) is 7.11 Å². The van der Waals surface area contributed by atoms with Gasteiger partial charge < -0.3 is 20.7 Å². The predicted octanol–water partition coefficient (Wildman–Crippen LogP) is 4.91. The highest BCUT2D eigenvalue weighted by Gasteiger charge is 2.07. The van der Waals surface area contributed by atoms with E-state index in [4.69, 9.17) is 4.74 Å². The fourth-order valence-electron chi connectivity index (χ4n) is 3.07. The summed E-state index contributed by atoms with van der Waals surface area (Å²) in [5.41, 5.74) is 3.25.